The van der Waals surface area contributed by atoms with Crippen LogP contribution in [0, 0.1) is 12.8 Å². The molecule has 3 aliphatic rings. The van der Waals surface area contributed by atoms with Crippen LogP contribution < -0.4 is 16.0 Å². The fourth-order valence-electron chi connectivity index (χ4n) is 6.37. The van der Waals surface area contributed by atoms with Crippen LogP contribution in [0.1, 0.15) is 93.8 Å². The van der Waals surface area contributed by atoms with Gasteiger partial charge in [-0.05, 0) is 70.6 Å². The number of nitrogens with zero attached hydrogens (tertiary/aromatic N) is 2. The second kappa shape index (κ2) is 11.8. The summed E-state index contributed by atoms with van der Waals surface area (Å²) in [4.78, 5) is 54.3. The summed E-state index contributed by atoms with van der Waals surface area (Å²) in [5.41, 5.74) is 1.20. The number of anilines is 2. The molecule has 1 spiro atoms. The van der Waals surface area contributed by atoms with Gasteiger partial charge in [-0.1, -0.05) is 43.3 Å². The number of aromatic nitrogens is 1. The maximum Gasteiger partial charge on any atom is 0.410 e. The fraction of sp³-hybridized carbons (Fsp3) is 0.581. The van der Waals surface area contributed by atoms with E-state index in [-0.39, 0.29) is 24.3 Å². The Balaban J connectivity index is 1.33. The average Bonchev–Trinajstić information content (AvgIpc) is 3.60. The first-order valence-corrected chi connectivity index (χ1v) is 14.9. The normalized spacial score (nSPS) is 21.7. The van der Waals surface area contributed by atoms with Crippen molar-refractivity contribution in [1.82, 2.24) is 15.4 Å². The number of hydrogen-bond acceptors (Lipinski definition) is 7. The van der Waals surface area contributed by atoms with Crippen LogP contribution in [0.4, 0.5) is 16.2 Å². The van der Waals surface area contributed by atoms with Gasteiger partial charge < -0.3 is 30.1 Å². The lowest BCUT2D eigenvalue weighted by molar-refractivity contribution is -0.120. The third kappa shape index (κ3) is 6.15. The first-order chi connectivity index (χ1) is 20.0. The van der Waals surface area contributed by atoms with E-state index in [1.807, 2.05) is 26.8 Å². The molecular weight excluding hydrogens is 538 g/mol. The van der Waals surface area contributed by atoms with Crippen molar-refractivity contribution < 1.29 is 28.4 Å². The van der Waals surface area contributed by atoms with E-state index in [1.54, 1.807) is 24.0 Å². The number of fused-ring (bicyclic) bond motifs is 2. The number of aryl methyl sites for hydroxylation is 1. The van der Waals surface area contributed by atoms with Gasteiger partial charge >= 0.3 is 6.09 Å². The largest absolute Gasteiger partial charge is 0.444 e. The van der Waals surface area contributed by atoms with Crippen LogP contribution in [0.3, 0.4) is 0 Å². The van der Waals surface area contributed by atoms with Gasteiger partial charge in [0, 0.05) is 24.5 Å². The summed E-state index contributed by atoms with van der Waals surface area (Å²) in [6.45, 7) is 7.76. The van der Waals surface area contributed by atoms with Gasteiger partial charge in [0.15, 0.2) is 0 Å². The van der Waals surface area contributed by atoms with E-state index in [4.69, 9.17) is 9.26 Å². The van der Waals surface area contributed by atoms with Crippen molar-refractivity contribution >= 4 is 35.2 Å². The van der Waals surface area contributed by atoms with Crippen LogP contribution in [-0.4, -0.2) is 58.6 Å². The molecule has 5 rings (SSSR count). The number of nitrogens with one attached hydrogen (secondary N) is 3. The van der Waals surface area contributed by atoms with Crippen LogP contribution in [0.5, 0.6) is 0 Å². The smallest absolute Gasteiger partial charge is 0.410 e. The molecule has 2 atom stereocenters. The van der Waals surface area contributed by atoms with Crippen LogP contribution in [-0.2, 0) is 19.7 Å². The molecule has 0 radical (unpaired) electrons. The number of hydrogen-bond donors (Lipinski definition) is 3. The molecule has 0 bridgehead atoms. The number of amides is 4. The van der Waals surface area contributed by atoms with Crippen LogP contribution in [0.25, 0.3) is 0 Å². The zero-order chi connectivity index (χ0) is 30.1. The maximum atomic E-state index is 13.7. The maximum absolute atomic E-state index is 13.7. The predicted octanol–water partition coefficient (Wildman–Crippen LogP) is 4.91. The molecule has 1 aromatic heterocycles. The van der Waals surface area contributed by atoms with Gasteiger partial charge in [-0.3, -0.25) is 14.4 Å². The lowest BCUT2D eigenvalue weighted by Crippen LogP contribution is -2.48. The molecule has 1 aromatic carbocycles. The fourth-order valence-corrected chi connectivity index (χ4v) is 6.37. The molecule has 11 nitrogen and oxygen atoms in total. The molecule has 2 fully saturated rings. The van der Waals surface area contributed by atoms with E-state index in [1.165, 1.54) is 12.7 Å². The summed E-state index contributed by atoms with van der Waals surface area (Å²) in [7, 11) is 0. The van der Waals surface area contributed by atoms with Crippen molar-refractivity contribution in [3.05, 3.63) is 41.3 Å². The van der Waals surface area contributed by atoms with Gasteiger partial charge in [0.2, 0.25) is 11.8 Å². The van der Waals surface area contributed by atoms with Crippen LogP contribution in [0.2, 0.25) is 0 Å². The van der Waals surface area contributed by atoms with Crippen molar-refractivity contribution in [3.63, 3.8) is 0 Å². The van der Waals surface area contributed by atoms with Gasteiger partial charge in [-0.25, -0.2) is 4.79 Å². The number of benzene rings is 1. The lowest BCUT2D eigenvalue weighted by Gasteiger charge is -2.29. The minimum Gasteiger partial charge on any atom is -0.444 e. The van der Waals surface area contributed by atoms with E-state index < -0.39 is 29.1 Å². The standard InChI is InChI=1S/C31H41N5O6/c1-19-22(17-41-35-19)26(37)34-25(20-10-8-6-5-7-9-11-20)27(38)32-21-12-13-23-24(16-21)33-28(39)31(23)14-15-36(18-31)29(40)42-30(2,3)4/h12-13,16-17,20,25H,5-11,14-15,18H2,1-4H3,(H,32,38)(H,33,39)(H,34,37). The Bertz CT molecular complexity index is 1360. The summed E-state index contributed by atoms with van der Waals surface area (Å²) in [6, 6.07) is 4.62. The van der Waals surface area contributed by atoms with E-state index >= 15 is 0 Å². The van der Waals surface area contributed by atoms with E-state index in [2.05, 4.69) is 21.1 Å². The Labute approximate surface area is 246 Å². The topological polar surface area (TPSA) is 143 Å². The Hall–Kier alpha value is -3.89. The zero-order valence-corrected chi connectivity index (χ0v) is 24.9. The van der Waals surface area contributed by atoms with Gasteiger partial charge in [-0.2, -0.15) is 0 Å². The molecule has 42 heavy (non-hydrogen) atoms. The molecule has 3 N–H and O–H groups in total. The minimum atomic E-state index is -0.860. The predicted molar refractivity (Wildman–Crippen MR) is 156 cm³/mol. The molecule has 1 saturated heterocycles. The van der Waals surface area contributed by atoms with Crippen LogP contribution >= 0.6 is 0 Å². The van der Waals surface area contributed by atoms with E-state index in [9.17, 15) is 19.2 Å². The molecular formula is C31H41N5O6. The summed E-state index contributed by atoms with van der Waals surface area (Å²) in [5, 5.41) is 12.7. The van der Waals surface area contributed by atoms with Gasteiger partial charge in [0.25, 0.3) is 5.91 Å². The third-order valence-corrected chi connectivity index (χ3v) is 8.59. The van der Waals surface area contributed by atoms with Crippen molar-refractivity contribution in [1.29, 1.82) is 0 Å². The number of likely N-dealkylation sites (tertiary alicyclic amines) is 1. The second-order valence-electron chi connectivity index (χ2n) is 12.8. The summed E-state index contributed by atoms with van der Waals surface area (Å²) >= 11 is 0. The van der Waals surface area contributed by atoms with Crippen LogP contribution in [0.15, 0.2) is 29.0 Å². The Morgan fingerprint density at radius 2 is 1.86 bits per heavy atom. The number of carbonyl (C=O) groups excluding carboxylic acids is 4. The zero-order valence-electron chi connectivity index (χ0n) is 24.9. The molecule has 1 aliphatic carbocycles. The average molecular weight is 580 g/mol. The van der Waals surface area contributed by atoms with E-state index in [0.29, 0.717) is 35.6 Å². The molecule has 2 unspecified atom stereocenters. The highest BCUT2D eigenvalue weighted by Crippen LogP contribution is 2.45. The van der Waals surface area contributed by atoms with Crippen molar-refractivity contribution in [2.45, 2.75) is 96.1 Å². The molecule has 4 amide bonds. The third-order valence-electron chi connectivity index (χ3n) is 8.59. The Morgan fingerprint density at radius 3 is 2.52 bits per heavy atom. The lowest BCUT2D eigenvalue weighted by atomic mass is 9.81. The summed E-state index contributed by atoms with van der Waals surface area (Å²) in [5.74, 6) is -0.881. The monoisotopic (exact) mass is 579 g/mol. The van der Waals surface area contributed by atoms with Crippen molar-refractivity contribution in [3.8, 4) is 0 Å². The Kier molecular flexibility index (Phi) is 8.30. The molecule has 3 heterocycles. The number of carbonyl (C=O) groups is 4. The molecule has 2 aliphatic heterocycles. The first-order valence-electron chi connectivity index (χ1n) is 14.9. The molecule has 2 aromatic rings. The Morgan fingerprint density at radius 1 is 1.14 bits per heavy atom. The van der Waals surface area contributed by atoms with Crippen molar-refractivity contribution in [2.24, 2.45) is 5.92 Å². The molecule has 1 saturated carbocycles. The number of ether oxygens (including phenoxy) is 1. The minimum absolute atomic E-state index is 0.0101. The number of rotatable bonds is 5. The van der Waals surface area contributed by atoms with Gasteiger partial charge in [0.05, 0.1) is 11.1 Å². The SMILES string of the molecule is Cc1nocc1C(=O)NC(C(=O)Nc1ccc2c(c1)NC(=O)C21CCN(C(=O)OC(C)(C)C)C1)C1CCCCCCC1. The summed E-state index contributed by atoms with van der Waals surface area (Å²) < 4.78 is 10.5. The first kappa shape index (κ1) is 29.6. The van der Waals surface area contributed by atoms with Gasteiger partial charge in [-0.15, -0.1) is 0 Å². The molecule has 11 heteroatoms. The quantitative estimate of drug-likeness (QED) is 0.457. The molecule has 226 valence electrons. The van der Waals surface area contributed by atoms with Gasteiger partial charge in [0.1, 0.15) is 23.5 Å². The van der Waals surface area contributed by atoms with E-state index in [0.717, 1.165) is 44.1 Å². The summed E-state index contributed by atoms with van der Waals surface area (Å²) in [6.07, 6.45) is 8.45. The highest BCUT2D eigenvalue weighted by molar-refractivity contribution is 6.08. The van der Waals surface area contributed by atoms with Crippen molar-refractivity contribution in [2.75, 3.05) is 23.7 Å². The second-order valence-corrected chi connectivity index (χ2v) is 12.8. The highest BCUT2D eigenvalue weighted by atomic mass is 16.6. The highest BCUT2D eigenvalue weighted by Gasteiger charge is 2.52.